The maximum atomic E-state index is 5.31. The number of aryl methyl sites for hydroxylation is 1. The minimum atomic E-state index is 0.789. The highest BCUT2D eigenvalue weighted by Crippen LogP contribution is 2.21. The Balaban J connectivity index is 2.52. The molecule has 4 heteroatoms. The number of aromatic amines is 1. The molecule has 0 saturated carbocycles. The second-order valence-corrected chi connectivity index (χ2v) is 4.21. The minimum Gasteiger partial charge on any atom is -0.497 e. The number of unbranched alkanes of at least 4 members (excludes halogenated alkanes) is 1. The number of nitrogens with zero attached hydrogens (tertiary/aromatic N) is 1. The molecule has 0 radical (unpaired) electrons. The molecule has 0 amide bonds. The van der Waals surface area contributed by atoms with Crippen LogP contribution in [0.4, 0.5) is 0 Å². The second kappa shape index (κ2) is 4.70. The van der Waals surface area contributed by atoms with E-state index in [4.69, 9.17) is 17.0 Å². The highest BCUT2D eigenvalue weighted by Gasteiger charge is 2.04. The van der Waals surface area contributed by atoms with Gasteiger partial charge in [0.25, 0.3) is 0 Å². The summed E-state index contributed by atoms with van der Waals surface area (Å²) in [5.74, 6) is 0.867. The van der Waals surface area contributed by atoms with E-state index in [1.165, 1.54) is 6.42 Å². The van der Waals surface area contributed by atoms with Gasteiger partial charge in [0, 0.05) is 12.6 Å². The summed E-state index contributed by atoms with van der Waals surface area (Å²) < 4.78 is 8.15. The third-order valence-corrected chi connectivity index (χ3v) is 3.04. The number of H-pyrrole nitrogens is 1. The fraction of sp³-hybridized carbons (Fsp3) is 0.417. The topological polar surface area (TPSA) is 29.9 Å². The zero-order valence-electron chi connectivity index (χ0n) is 9.62. The number of imidazole rings is 1. The van der Waals surface area contributed by atoms with Crippen LogP contribution in [0.1, 0.15) is 19.8 Å². The first-order valence-electron chi connectivity index (χ1n) is 5.53. The largest absolute Gasteiger partial charge is 0.497 e. The molecule has 1 aromatic carbocycles. The third kappa shape index (κ3) is 1.97. The molecule has 1 aromatic heterocycles. The number of methoxy groups -OCH3 is 1. The van der Waals surface area contributed by atoms with Crippen molar-refractivity contribution in [2.45, 2.75) is 26.3 Å². The van der Waals surface area contributed by atoms with Crippen molar-refractivity contribution in [1.82, 2.24) is 9.55 Å². The Labute approximate surface area is 100 Å². The van der Waals surface area contributed by atoms with Gasteiger partial charge >= 0.3 is 0 Å². The lowest BCUT2D eigenvalue weighted by molar-refractivity contribution is 0.415. The van der Waals surface area contributed by atoms with E-state index >= 15 is 0 Å². The van der Waals surface area contributed by atoms with Crippen LogP contribution in [0.15, 0.2) is 18.2 Å². The van der Waals surface area contributed by atoms with Crippen LogP contribution in [0, 0.1) is 4.77 Å². The number of hydrogen-bond donors (Lipinski definition) is 1. The Morgan fingerprint density at radius 3 is 2.94 bits per heavy atom. The zero-order valence-corrected chi connectivity index (χ0v) is 10.4. The van der Waals surface area contributed by atoms with Gasteiger partial charge in [-0.3, -0.25) is 0 Å². The molecule has 0 fully saturated rings. The van der Waals surface area contributed by atoms with Crippen molar-refractivity contribution in [3.05, 3.63) is 23.0 Å². The van der Waals surface area contributed by atoms with Crippen LogP contribution in [0.3, 0.4) is 0 Å². The normalized spacial score (nSPS) is 10.9. The monoisotopic (exact) mass is 236 g/mol. The lowest BCUT2D eigenvalue weighted by atomic mass is 10.3. The molecule has 2 rings (SSSR count). The van der Waals surface area contributed by atoms with E-state index in [1.54, 1.807) is 7.11 Å². The van der Waals surface area contributed by atoms with Crippen molar-refractivity contribution in [2.24, 2.45) is 0 Å². The van der Waals surface area contributed by atoms with Crippen LogP contribution in [-0.2, 0) is 6.54 Å². The van der Waals surface area contributed by atoms with Gasteiger partial charge < -0.3 is 14.3 Å². The van der Waals surface area contributed by atoms with E-state index < -0.39 is 0 Å². The number of nitrogens with one attached hydrogen (secondary N) is 1. The summed E-state index contributed by atoms with van der Waals surface area (Å²) in [5.41, 5.74) is 2.19. The standard InChI is InChI=1S/C12H16N2OS/c1-3-4-7-14-11-8-9(15-2)5-6-10(11)13-12(14)16/h5-6,8H,3-4,7H2,1-2H3,(H,13,16). The third-order valence-electron chi connectivity index (χ3n) is 2.72. The molecule has 0 atom stereocenters. The Hall–Kier alpha value is -1.29. The van der Waals surface area contributed by atoms with Crippen LogP contribution < -0.4 is 4.74 Å². The SMILES string of the molecule is CCCCn1c(=S)[nH]c2ccc(OC)cc21. The van der Waals surface area contributed by atoms with Crippen LogP contribution in [0.25, 0.3) is 11.0 Å². The quantitative estimate of drug-likeness (QED) is 0.823. The lowest BCUT2D eigenvalue weighted by Crippen LogP contribution is -1.97. The molecule has 86 valence electrons. The average molecular weight is 236 g/mol. The molecule has 0 aliphatic carbocycles. The summed E-state index contributed by atoms with van der Waals surface area (Å²) >= 11 is 5.31. The first-order chi connectivity index (χ1) is 7.76. The van der Waals surface area contributed by atoms with Gasteiger partial charge in [-0.05, 0) is 30.8 Å². The molecule has 3 nitrogen and oxygen atoms in total. The number of aromatic nitrogens is 2. The van der Waals surface area contributed by atoms with E-state index in [0.717, 1.165) is 34.5 Å². The average Bonchev–Trinajstić information content (AvgIpc) is 2.61. The van der Waals surface area contributed by atoms with Crippen molar-refractivity contribution in [2.75, 3.05) is 7.11 Å². The van der Waals surface area contributed by atoms with Crippen molar-refractivity contribution < 1.29 is 4.74 Å². The van der Waals surface area contributed by atoms with Gasteiger partial charge in [-0.15, -0.1) is 0 Å². The zero-order chi connectivity index (χ0) is 11.5. The van der Waals surface area contributed by atoms with Crippen LogP contribution in [0.5, 0.6) is 5.75 Å². The molecule has 16 heavy (non-hydrogen) atoms. The Kier molecular flexibility index (Phi) is 3.29. The van der Waals surface area contributed by atoms with Crippen molar-refractivity contribution >= 4 is 23.3 Å². The van der Waals surface area contributed by atoms with Crippen LogP contribution >= 0.6 is 12.2 Å². The van der Waals surface area contributed by atoms with Gasteiger partial charge in [0.05, 0.1) is 18.1 Å². The predicted molar refractivity (Wildman–Crippen MR) is 68.6 cm³/mol. The first kappa shape index (κ1) is 11.2. The summed E-state index contributed by atoms with van der Waals surface area (Å²) in [6.45, 7) is 3.14. The van der Waals surface area contributed by atoms with Crippen molar-refractivity contribution in [1.29, 1.82) is 0 Å². The number of ether oxygens (including phenoxy) is 1. The molecular formula is C12H16N2OS. The summed E-state index contributed by atoms with van der Waals surface area (Å²) in [6.07, 6.45) is 2.30. The van der Waals surface area contributed by atoms with Crippen LogP contribution in [0.2, 0.25) is 0 Å². The molecule has 1 N–H and O–H groups in total. The van der Waals surface area contributed by atoms with Gasteiger partial charge in [0.2, 0.25) is 0 Å². The van der Waals surface area contributed by atoms with E-state index in [2.05, 4.69) is 16.5 Å². The number of fused-ring (bicyclic) bond motifs is 1. The maximum Gasteiger partial charge on any atom is 0.178 e. The van der Waals surface area contributed by atoms with Crippen molar-refractivity contribution in [3.8, 4) is 5.75 Å². The minimum absolute atomic E-state index is 0.789. The van der Waals surface area contributed by atoms with Gasteiger partial charge in [0.15, 0.2) is 4.77 Å². The Morgan fingerprint density at radius 2 is 2.25 bits per heavy atom. The summed E-state index contributed by atoms with van der Waals surface area (Å²) in [7, 11) is 1.68. The second-order valence-electron chi connectivity index (χ2n) is 3.82. The molecule has 0 bridgehead atoms. The molecule has 0 aliphatic rings. The number of rotatable bonds is 4. The first-order valence-corrected chi connectivity index (χ1v) is 5.93. The Bertz CT molecular complexity index is 541. The van der Waals surface area contributed by atoms with E-state index in [0.29, 0.717) is 0 Å². The molecule has 0 spiro atoms. The fourth-order valence-corrected chi connectivity index (χ4v) is 2.10. The van der Waals surface area contributed by atoms with Gasteiger partial charge in [-0.25, -0.2) is 0 Å². The molecular weight excluding hydrogens is 220 g/mol. The van der Waals surface area contributed by atoms with E-state index in [-0.39, 0.29) is 0 Å². The number of hydrogen-bond acceptors (Lipinski definition) is 2. The highest BCUT2D eigenvalue weighted by molar-refractivity contribution is 7.71. The predicted octanol–water partition coefficient (Wildman–Crippen LogP) is 3.51. The molecule has 0 aliphatic heterocycles. The highest BCUT2D eigenvalue weighted by atomic mass is 32.1. The summed E-state index contributed by atoms with van der Waals surface area (Å²) in [4.78, 5) is 3.21. The van der Waals surface area contributed by atoms with Crippen LogP contribution in [-0.4, -0.2) is 16.7 Å². The summed E-state index contributed by atoms with van der Waals surface area (Å²) in [6, 6.07) is 5.97. The molecule has 0 unspecified atom stereocenters. The van der Waals surface area contributed by atoms with E-state index in [1.807, 2.05) is 18.2 Å². The summed E-state index contributed by atoms with van der Waals surface area (Å²) in [5, 5.41) is 0. The van der Waals surface area contributed by atoms with Gasteiger partial charge in [-0.2, -0.15) is 0 Å². The maximum absolute atomic E-state index is 5.31. The lowest BCUT2D eigenvalue weighted by Gasteiger charge is -2.04. The smallest absolute Gasteiger partial charge is 0.178 e. The fourth-order valence-electron chi connectivity index (χ4n) is 1.80. The molecule has 1 heterocycles. The van der Waals surface area contributed by atoms with E-state index in [9.17, 15) is 0 Å². The van der Waals surface area contributed by atoms with Crippen molar-refractivity contribution in [3.63, 3.8) is 0 Å². The molecule has 2 aromatic rings. The Morgan fingerprint density at radius 1 is 1.44 bits per heavy atom. The van der Waals surface area contributed by atoms with Gasteiger partial charge in [-0.1, -0.05) is 13.3 Å². The molecule has 0 saturated heterocycles. The van der Waals surface area contributed by atoms with Gasteiger partial charge in [0.1, 0.15) is 5.75 Å². The number of benzene rings is 1.